The molecule has 0 saturated carbocycles. The van der Waals surface area contributed by atoms with Gasteiger partial charge in [0.15, 0.2) is 0 Å². The molecule has 1 fully saturated rings. The fourth-order valence-electron chi connectivity index (χ4n) is 5.46. The molecule has 0 aliphatic carbocycles. The van der Waals surface area contributed by atoms with Gasteiger partial charge in [0.25, 0.3) is 5.91 Å². The van der Waals surface area contributed by atoms with E-state index in [4.69, 9.17) is 0 Å². The lowest BCUT2D eigenvalue weighted by Crippen LogP contribution is -2.40. The van der Waals surface area contributed by atoms with Gasteiger partial charge in [0.2, 0.25) is 5.91 Å². The summed E-state index contributed by atoms with van der Waals surface area (Å²) in [5, 5.41) is 0. The first-order valence-electron chi connectivity index (χ1n) is 14.2. The molecular weight excluding hydrogens is 506 g/mol. The smallest absolute Gasteiger partial charge is 0.253 e. The molecule has 0 unspecified atom stereocenters. The molecule has 4 rings (SSSR count). The molecule has 1 heterocycles. The van der Waals surface area contributed by atoms with E-state index in [1.807, 2.05) is 36.2 Å². The predicted molar refractivity (Wildman–Crippen MR) is 155 cm³/mol. The Balaban J connectivity index is 1.28. The number of nitrogens with zero attached hydrogens (tertiary/aromatic N) is 2. The number of rotatable bonds is 9. The van der Waals surface area contributed by atoms with E-state index in [1.165, 1.54) is 29.8 Å². The van der Waals surface area contributed by atoms with Crippen LogP contribution in [0.2, 0.25) is 0 Å². The average molecular weight is 547 g/mol. The third-order valence-corrected chi connectivity index (χ3v) is 8.07. The summed E-state index contributed by atoms with van der Waals surface area (Å²) in [6.45, 7) is 7.63. The fraction of sp³-hybridized carbons (Fsp3) is 0.412. The van der Waals surface area contributed by atoms with Gasteiger partial charge < -0.3 is 9.80 Å². The van der Waals surface area contributed by atoms with E-state index in [1.54, 1.807) is 29.2 Å². The number of unbranched alkanes of at least 4 members (excludes halogenated alkanes) is 1. The molecule has 1 atom stereocenters. The number of hydrogen-bond donors (Lipinski definition) is 0. The lowest BCUT2D eigenvalue weighted by Gasteiger charge is -2.25. The van der Waals surface area contributed by atoms with Crippen LogP contribution in [0.15, 0.2) is 72.8 Å². The number of hydrogen-bond acceptors (Lipinski definition) is 2. The SMILES string of the molecule is CN(C(=O)CCCCC(c1ccc(F)cc1)c1ccc(F)cc1)[C@H]1CCN(C(=O)c2ccc(C(C)(C)C)cc2)C1. The number of likely N-dealkylation sites (N-methyl/N-ethyl adjacent to an activating group) is 1. The highest BCUT2D eigenvalue weighted by Crippen LogP contribution is 2.31. The van der Waals surface area contributed by atoms with Crippen LogP contribution >= 0.6 is 0 Å². The summed E-state index contributed by atoms with van der Waals surface area (Å²) in [6.07, 6.45) is 3.49. The van der Waals surface area contributed by atoms with Crippen LogP contribution in [0.4, 0.5) is 8.78 Å². The average Bonchev–Trinajstić information content (AvgIpc) is 3.43. The van der Waals surface area contributed by atoms with Crippen molar-refractivity contribution in [2.24, 2.45) is 0 Å². The molecule has 0 spiro atoms. The zero-order chi connectivity index (χ0) is 28.9. The van der Waals surface area contributed by atoms with Gasteiger partial charge in [-0.2, -0.15) is 0 Å². The number of benzene rings is 3. The number of carbonyl (C=O) groups is 2. The largest absolute Gasteiger partial charge is 0.341 e. The van der Waals surface area contributed by atoms with Gasteiger partial charge in [-0.05, 0) is 77.8 Å². The molecule has 1 saturated heterocycles. The maximum absolute atomic E-state index is 13.5. The zero-order valence-corrected chi connectivity index (χ0v) is 24.0. The van der Waals surface area contributed by atoms with Crippen molar-refractivity contribution in [2.75, 3.05) is 20.1 Å². The molecule has 4 nitrogen and oxygen atoms in total. The summed E-state index contributed by atoms with van der Waals surface area (Å²) in [5.74, 6) is -0.493. The molecule has 2 amide bonds. The van der Waals surface area contributed by atoms with Gasteiger partial charge in [-0.15, -0.1) is 0 Å². The second-order valence-electron chi connectivity index (χ2n) is 11.9. The monoisotopic (exact) mass is 546 g/mol. The summed E-state index contributed by atoms with van der Waals surface area (Å²) < 4.78 is 27.0. The first-order chi connectivity index (χ1) is 19.0. The van der Waals surface area contributed by atoms with Crippen LogP contribution in [0.1, 0.15) is 85.8 Å². The van der Waals surface area contributed by atoms with Gasteiger partial charge in [-0.1, -0.05) is 63.6 Å². The van der Waals surface area contributed by atoms with Gasteiger partial charge in [-0.3, -0.25) is 9.59 Å². The Labute approximate surface area is 237 Å². The number of likely N-dealkylation sites (tertiary alicyclic amines) is 1. The Kier molecular flexibility index (Phi) is 9.39. The van der Waals surface area contributed by atoms with Gasteiger partial charge in [0, 0.05) is 38.0 Å². The zero-order valence-electron chi connectivity index (χ0n) is 24.0. The molecule has 6 heteroatoms. The van der Waals surface area contributed by atoms with Crippen molar-refractivity contribution >= 4 is 11.8 Å². The van der Waals surface area contributed by atoms with E-state index in [9.17, 15) is 18.4 Å². The maximum atomic E-state index is 13.5. The van der Waals surface area contributed by atoms with E-state index in [0.717, 1.165) is 36.8 Å². The van der Waals surface area contributed by atoms with Crippen LogP contribution in [0, 0.1) is 11.6 Å². The molecular formula is C34H40F2N2O2. The Morgan fingerprint density at radius 1 is 0.875 bits per heavy atom. The van der Waals surface area contributed by atoms with Crippen molar-refractivity contribution in [1.29, 1.82) is 0 Å². The molecule has 0 radical (unpaired) electrons. The first kappa shape index (κ1) is 29.4. The van der Waals surface area contributed by atoms with Gasteiger partial charge in [-0.25, -0.2) is 8.78 Å². The lowest BCUT2D eigenvalue weighted by molar-refractivity contribution is -0.131. The summed E-state index contributed by atoms with van der Waals surface area (Å²) in [7, 11) is 1.83. The molecule has 212 valence electrons. The van der Waals surface area contributed by atoms with Crippen molar-refractivity contribution in [2.45, 2.75) is 70.3 Å². The van der Waals surface area contributed by atoms with Crippen molar-refractivity contribution in [3.05, 3.63) is 107 Å². The number of carbonyl (C=O) groups excluding carboxylic acids is 2. The minimum absolute atomic E-state index is 0.000832. The number of halogens is 2. The summed E-state index contributed by atoms with van der Waals surface area (Å²) >= 11 is 0. The van der Waals surface area contributed by atoms with Crippen LogP contribution < -0.4 is 0 Å². The van der Waals surface area contributed by atoms with Crippen molar-refractivity contribution in [1.82, 2.24) is 9.80 Å². The first-order valence-corrected chi connectivity index (χ1v) is 14.2. The molecule has 3 aromatic rings. The summed E-state index contributed by atoms with van der Waals surface area (Å²) in [4.78, 5) is 29.7. The second kappa shape index (κ2) is 12.8. The minimum atomic E-state index is -0.291. The van der Waals surface area contributed by atoms with Crippen molar-refractivity contribution < 1.29 is 18.4 Å². The lowest BCUT2D eigenvalue weighted by atomic mass is 9.86. The maximum Gasteiger partial charge on any atom is 0.253 e. The van der Waals surface area contributed by atoms with Gasteiger partial charge in [0.05, 0.1) is 6.04 Å². The van der Waals surface area contributed by atoms with Gasteiger partial charge in [0.1, 0.15) is 11.6 Å². The highest BCUT2D eigenvalue weighted by atomic mass is 19.1. The van der Waals surface area contributed by atoms with Crippen LogP contribution in [-0.2, 0) is 10.2 Å². The fourth-order valence-corrected chi connectivity index (χ4v) is 5.46. The Hall–Kier alpha value is -3.54. The molecule has 40 heavy (non-hydrogen) atoms. The second-order valence-corrected chi connectivity index (χ2v) is 11.9. The summed E-state index contributed by atoms with van der Waals surface area (Å²) in [6, 6.07) is 20.7. The van der Waals surface area contributed by atoms with Crippen LogP contribution in [0.5, 0.6) is 0 Å². The quantitative estimate of drug-likeness (QED) is 0.264. The van der Waals surface area contributed by atoms with Crippen LogP contribution in [-0.4, -0.2) is 47.8 Å². The molecule has 1 aliphatic rings. The third kappa shape index (κ3) is 7.35. The Morgan fingerprint density at radius 3 is 1.95 bits per heavy atom. The minimum Gasteiger partial charge on any atom is -0.341 e. The Bertz CT molecular complexity index is 1240. The van der Waals surface area contributed by atoms with E-state index < -0.39 is 0 Å². The van der Waals surface area contributed by atoms with E-state index in [2.05, 4.69) is 20.8 Å². The van der Waals surface area contributed by atoms with E-state index in [-0.39, 0.29) is 40.8 Å². The van der Waals surface area contributed by atoms with Gasteiger partial charge >= 0.3 is 0 Å². The molecule has 3 aromatic carbocycles. The standard InChI is InChI=1S/C34H40F2N2O2/c1-34(2,3)27-15-9-26(10-16-27)33(40)38-22-21-30(23-38)37(4)32(39)8-6-5-7-31(24-11-17-28(35)18-12-24)25-13-19-29(36)20-14-25/h9-20,30-31H,5-8,21-23H2,1-4H3/t30-/m0/s1. The Morgan fingerprint density at radius 2 is 1.43 bits per heavy atom. The predicted octanol–water partition coefficient (Wildman–Crippen LogP) is 7.33. The summed E-state index contributed by atoms with van der Waals surface area (Å²) in [5.41, 5.74) is 3.85. The van der Waals surface area contributed by atoms with Crippen molar-refractivity contribution in [3.8, 4) is 0 Å². The molecule has 1 aliphatic heterocycles. The van der Waals surface area contributed by atoms with Crippen LogP contribution in [0.3, 0.4) is 0 Å². The van der Waals surface area contributed by atoms with E-state index >= 15 is 0 Å². The third-order valence-electron chi connectivity index (χ3n) is 8.07. The van der Waals surface area contributed by atoms with Crippen molar-refractivity contribution in [3.63, 3.8) is 0 Å². The molecule has 0 N–H and O–H groups in total. The normalized spacial score (nSPS) is 15.5. The highest BCUT2D eigenvalue weighted by molar-refractivity contribution is 5.94. The van der Waals surface area contributed by atoms with Crippen LogP contribution in [0.25, 0.3) is 0 Å². The highest BCUT2D eigenvalue weighted by Gasteiger charge is 2.31. The van der Waals surface area contributed by atoms with E-state index in [0.29, 0.717) is 25.1 Å². The molecule has 0 aromatic heterocycles. The number of amides is 2. The molecule has 0 bridgehead atoms. The topological polar surface area (TPSA) is 40.6 Å².